The molecular formula is C94H100N12O12. The average Bonchev–Trinajstić information content (AvgIpc) is 1.02. The van der Waals surface area contributed by atoms with Crippen molar-refractivity contribution in [3.05, 3.63) is 305 Å². The lowest BCUT2D eigenvalue weighted by Gasteiger charge is -2.32. The van der Waals surface area contributed by atoms with E-state index in [2.05, 4.69) is 15.0 Å². The molecular weight excluding hydrogens is 1490 g/mol. The number of carbonyl (C=O) groups is 9. The van der Waals surface area contributed by atoms with E-state index in [0.717, 1.165) is 64.1 Å². The van der Waals surface area contributed by atoms with Crippen LogP contribution in [0, 0.1) is 0 Å². The second kappa shape index (κ2) is 40.8. The molecule has 12 rings (SSSR count). The van der Waals surface area contributed by atoms with Crippen molar-refractivity contribution in [2.24, 2.45) is 17.2 Å². The Kier molecular flexibility index (Phi) is 29.1. The fourth-order valence-corrected chi connectivity index (χ4v) is 15.0. The first-order chi connectivity index (χ1) is 57.4. The van der Waals surface area contributed by atoms with Gasteiger partial charge in [-0.1, -0.05) is 182 Å². The Balaban J connectivity index is 0.884. The van der Waals surface area contributed by atoms with Crippen LogP contribution in [0.2, 0.25) is 0 Å². The zero-order valence-corrected chi connectivity index (χ0v) is 66.6. The van der Waals surface area contributed by atoms with E-state index < -0.39 is 77.8 Å². The molecule has 0 unspecified atom stereocenters. The number of carbonyl (C=O) groups excluding carboxylic acids is 9. The van der Waals surface area contributed by atoms with Crippen molar-refractivity contribution in [2.75, 3.05) is 55.5 Å². The lowest BCUT2D eigenvalue weighted by molar-refractivity contribution is -0.137. The fourth-order valence-electron chi connectivity index (χ4n) is 15.0. The number of rotatable bonds is 36. The predicted octanol–water partition coefficient (Wildman–Crippen LogP) is 14.9. The monoisotopic (exact) mass is 1590 g/mol. The van der Waals surface area contributed by atoms with E-state index in [1.165, 1.54) is 14.7 Å². The maximum Gasteiger partial charge on any atom is 0.417 e. The summed E-state index contributed by atoms with van der Waals surface area (Å²) >= 11 is 0. The first-order valence-electron chi connectivity index (χ1n) is 39.9. The molecule has 608 valence electrons. The number of benzene rings is 9. The summed E-state index contributed by atoms with van der Waals surface area (Å²) in [5.41, 5.74) is 27.8. The molecule has 24 nitrogen and oxygen atoms in total. The van der Waals surface area contributed by atoms with Gasteiger partial charge in [0.25, 0.3) is 0 Å². The van der Waals surface area contributed by atoms with Gasteiger partial charge in [0.05, 0.1) is 19.3 Å². The largest absolute Gasteiger partial charge is 0.444 e. The third-order valence-electron chi connectivity index (χ3n) is 21.5. The number of aromatic amines is 3. The third-order valence-corrected chi connectivity index (χ3v) is 21.5. The Hall–Kier alpha value is -13.3. The molecule has 12 aromatic rings. The van der Waals surface area contributed by atoms with Gasteiger partial charge in [-0.3, -0.25) is 28.8 Å². The molecule has 0 aliphatic heterocycles. The number of hydrogen-bond acceptors (Lipinski definition) is 15. The molecule has 0 aliphatic rings. The van der Waals surface area contributed by atoms with Crippen LogP contribution in [-0.2, 0) is 82.1 Å². The van der Waals surface area contributed by atoms with E-state index in [4.69, 9.17) is 31.4 Å². The number of para-hydroxylation sites is 3. The maximum absolute atomic E-state index is 15.4. The first-order valence-corrected chi connectivity index (χ1v) is 39.9. The van der Waals surface area contributed by atoms with E-state index in [1.54, 1.807) is 113 Å². The number of anilines is 3. The molecule has 0 radical (unpaired) electrons. The van der Waals surface area contributed by atoms with Gasteiger partial charge in [0.15, 0.2) is 0 Å². The van der Waals surface area contributed by atoms with Crippen molar-refractivity contribution in [3.63, 3.8) is 0 Å². The van der Waals surface area contributed by atoms with Crippen molar-refractivity contribution in [1.29, 1.82) is 0 Å². The van der Waals surface area contributed by atoms with Crippen LogP contribution in [0.1, 0.15) is 114 Å². The number of imide groups is 3. The average molecular weight is 1590 g/mol. The zero-order chi connectivity index (χ0) is 83.0. The number of H-pyrrole nitrogens is 3. The number of unbranched alkanes of at least 4 members (excludes halogenated alkanes) is 3. The zero-order valence-electron chi connectivity index (χ0n) is 66.6. The van der Waals surface area contributed by atoms with E-state index in [0.29, 0.717) is 109 Å². The van der Waals surface area contributed by atoms with Gasteiger partial charge in [0.2, 0.25) is 35.4 Å². The first kappa shape index (κ1) is 84.1. The Morgan fingerprint density at radius 2 is 0.559 bits per heavy atom. The molecule has 9 N–H and O–H groups in total. The number of hydrogen-bond donors (Lipinski definition) is 6. The number of ether oxygens (including phenoxy) is 3. The second-order valence-corrected chi connectivity index (χ2v) is 29.3. The SMILES string of the molecule is CN(C(=O)[C@@H](CCCCN)N(C(=O)Cc1c[nH]c2ccccc12)C(=O)OCc1ccccc1)c1ccc(C(c2ccc(N(C)C(=O)[C@@H](CCCCN)N(C(=O)Cc3c[nH]c4ccccc34)C(=O)OCc3ccccc3)cc2)c2ccc(N(C)C(=O)[C@@H](CCCCN)N(C(=O)Cc3c[nH]c4ccccc34)C(=O)OCc3ccccc3)cc2)cc1. The topological polar surface area (TPSA) is 326 Å². The van der Waals surface area contributed by atoms with E-state index in [9.17, 15) is 28.8 Å². The summed E-state index contributed by atoms with van der Waals surface area (Å²) in [7, 11) is 4.75. The number of nitrogens with one attached hydrogen (secondary N) is 3. The maximum atomic E-state index is 15.4. The second-order valence-electron chi connectivity index (χ2n) is 29.3. The van der Waals surface area contributed by atoms with Gasteiger partial charge in [-0.15, -0.1) is 0 Å². The molecule has 3 aromatic heterocycles. The van der Waals surface area contributed by atoms with Gasteiger partial charge in [0.1, 0.15) is 37.9 Å². The minimum Gasteiger partial charge on any atom is -0.444 e. The summed E-state index contributed by atoms with van der Waals surface area (Å²) in [6, 6.07) is 67.4. The summed E-state index contributed by atoms with van der Waals surface area (Å²) in [6.45, 7) is 0.411. The van der Waals surface area contributed by atoms with Crippen LogP contribution in [-0.4, -0.2) is 142 Å². The molecule has 0 spiro atoms. The Morgan fingerprint density at radius 1 is 0.314 bits per heavy atom. The number of aromatic nitrogens is 3. The van der Waals surface area contributed by atoms with Crippen LogP contribution in [0.3, 0.4) is 0 Å². The number of nitrogens with two attached hydrogens (primary N) is 3. The molecule has 9 amide bonds. The fraction of sp³-hybridized carbons (Fsp3) is 0.266. The van der Waals surface area contributed by atoms with Gasteiger partial charge >= 0.3 is 18.3 Å². The normalized spacial score (nSPS) is 12.0. The van der Waals surface area contributed by atoms with Crippen molar-refractivity contribution >= 4 is 103 Å². The number of amides is 9. The number of fused-ring (bicyclic) bond motifs is 3. The van der Waals surface area contributed by atoms with Crippen LogP contribution in [0.4, 0.5) is 31.4 Å². The Morgan fingerprint density at radius 3 is 0.814 bits per heavy atom. The summed E-state index contributed by atoms with van der Waals surface area (Å²) < 4.78 is 17.7. The quantitative estimate of drug-likeness (QED) is 0.0121. The van der Waals surface area contributed by atoms with Crippen molar-refractivity contribution in [2.45, 2.75) is 121 Å². The van der Waals surface area contributed by atoms with Crippen LogP contribution >= 0.6 is 0 Å². The lowest BCUT2D eigenvalue weighted by Crippen LogP contribution is -2.53. The highest BCUT2D eigenvalue weighted by molar-refractivity contribution is 6.07. The highest BCUT2D eigenvalue weighted by Gasteiger charge is 2.42. The summed E-state index contributed by atoms with van der Waals surface area (Å²) in [5.74, 6) is -4.23. The van der Waals surface area contributed by atoms with Gasteiger partial charge < -0.3 is 61.1 Å². The van der Waals surface area contributed by atoms with E-state index >= 15 is 14.4 Å². The Bertz CT molecular complexity index is 4880. The highest BCUT2D eigenvalue weighted by Crippen LogP contribution is 2.37. The van der Waals surface area contributed by atoms with E-state index in [1.807, 2.05) is 164 Å². The van der Waals surface area contributed by atoms with Gasteiger partial charge in [-0.05, 0) is 182 Å². The number of likely N-dealkylation sites (N-methyl/N-ethyl adjacent to an activating group) is 3. The highest BCUT2D eigenvalue weighted by atomic mass is 16.6. The van der Waals surface area contributed by atoms with Gasteiger partial charge in [-0.25, -0.2) is 29.1 Å². The van der Waals surface area contributed by atoms with Gasteiger partial charge in [0, 0.05) is 95.4 Å². The molecule has 0 saturated carbocycles. The molecule has 118 heavy (non-hydrogen) atoms. The van der Waals surface area contributed by atoms with Crippen molar-refractivity contribution < 1.29 is 57.4 Å². The van der Waals surface area contributed by atoms with Crippen LogP contribution in [0.5, 0.6) is 0 Å². The van der Waals surface area contributed by atoms with Crippen LogP contribution in [0.15, 0.2) is 255 Å². The summed E-state index contributed by atoms with van der Waals surface area (Å²) in [5, 5.41) is 2.36. The molecule has 3 heterocycles. The summed E-state index contributed by atoms with van der Waals surface area (Å²) in [4.78, 5) is 152. The predicted molar refractivity (Wildman–Crippen MR) is 457 cm³/mol. The number of nitrogens with zero attached hydrogens (tertiary/aromatic N) is 6. The molecule has 0 fully saturated rings. The van der Waals surface area contributed by atoms with Crippen LogP contribution < -0.4 is 31.9 Å². The van der Waals surface area contributed by atoms with Gasteiger partial charge in [-0.2, -0.15) is 0 Å². The van der Waals surface area contributed by atoms with E-state index in [-0.39, 0.29) is 58.3 Å². The van der Waals surface area contributed by atoms with Crippen LogP contribution in [0.25, 0.3) is 32.7 Å². The van der Waals surface area contributed by atoms with Crippen molar-refractivity contribution in [1.82, 2.24) is 29.7 Å². The summed E-state index contributed by atoms with van der Waals surface area (Å²) in [6.07, 6.45) is 4.42. The lowest BCUT2D eigenvalue weighted by atomic mass is 9.85. The molecule has 0 saturated heterocycles. The third kappa shape index (κ3) is 20.7. The Labute approximate surface area is 685 Å². The molecule has 0 bridgehead atoms. The molecule has 3 atom stereocenters. The molecule has 24 heteroatoms. The minimum atomic E-state index is -1.33. The molecule has 0 aliphatic carbocycles. The smallest absolute Gasteiger partial charge is 0.417 e. The van der Waals surface area contributed by atoms with Crippen molar-refractivity contribution in [3.8, 4) is 0 Å². The molecule has 9 aromatic carbocycles. The standard InChI is InChI=1S/C94H100N12O12/c1-101(89(110)82(37-19-22-52-95)104(92(113)116-61-64-25-7-4-8-26-64)85(107)55-70-58-98-79-34-16-13-31-76(70)79)73-46-40-67(41-47-73)88(68-42-48-74(49-43-68)102(2)90(111)83(38-20-23-53-96)105(93(114)117-62-65-27-9-5-10-28-65)86(108)56-71-59-99-80-35-17-14-32-77(71)80)69-44-50-75(51-45-69)103(3)91(112)84(39-21-24-54-97)106(94(115)118-63-66-29-11-6-12-30-66)87(109)57-72-60-100-81-36-18-15-33-78(72)81/h4-18,25-36,40-51,58-60,82-84,88,98-100H,19-24,37-39,52-57,61-63,95-97H2,1-3H3/t82-,83-,84-/m1/s1. The minimum absolute atomic E-state index is 0.0744.